The van der Waals surface area contributed by atoms with Crippen LogP contribution >= 0.6 is 0 Å². The molecule has 1 aromatic carbocycles. The number of hydrogen-bond donors (Lipinski definition) is 0. The number of ether oxygens (including phenoxy) is 1. The first-order chi connectivity index (χ1) is 16.2. The number of hydrogen-bond acceptors (Lipinski definition) is 2. The molecule has 2 aliphatic carbocycles. The highest BCUT2D eigenvalue weighted by Crippen LogP contribution is 2.43. The summed E-state index contributed by atoms with van der Waals surface area (Å²) in [4.78, 5) is 12.1. The predicted octanol–water partition coefficient (Wildman–Crippen LogP) is 9.16. The second kappa shape index (κ2) is 14.8. The average Bonchev–Trinajstić information content (AvgIpc) is 2.86. The van der Waals surface area contributed by atoms with E-state index in [2.05, 4.69) is 26.0 Å². The quantitative estimate of drug-likeness (QED) is 0.219. The van der Waals surface area contributed by atoms with Crippen LogP contribution in [-0.4, -0.2) is 12.6 Å². The molecule has 0 radical (unpaired) electrons. The Labute approximate surface area is 204 Å². The van der Waals surface area contributed by atoms with Crippen molar-refractivity contribution in [3.63, 3.8) is 0 Å². The zero-order valence-corrected chi connectivity index (χ0v) is 21.7. The number of aryl methyl sites for hydroxylation is 1. The maximum atomic E-state index is 12.1. The van der Waals surface area contributed by atoms with Crippen LogP contribution in [0.2, 0.25) is 0 Å². The maximum Gasteiger partial charge on any atom is 0.338 e. The molecule has 0 heterocycles. The van der Waals surface area contributed by atoms with Crippen molar-refractivity contribution in [2.75, 3.05) is 6.61 Å². The van der Waals surface area contributed by atoms with Gasteiger partial charge in [0.2, 0.25) is 0 Å². The van der Waals surface area contributed by atoms with E-state index in [0.29, 0.717) is 12.2 Å². The number of carbonyl (C=O) groups is 1. The summed E-state index contributed by atoms with van der Waals surface area (Å²) < 4.78 is 5.32. The van der Waals surface area contributed by atoms with Gasteiger partial charge in [0.25, 0.3) is 0 Å². The molecule has 2 fully saturated rings. The van der Waals surface area contributed by atoms with E-state index in [1.807, 2.05) is 12.1 Å². The third-order valence-corrected chi connectivity index (χ3v) is 8.68. The molecule has 0 amide bonds. The van der Waals surface area contributed by atoms with Gasteiger partial charge in [0.05, 0.1) is 12.2 Å². The second-order valence-electron chi connectivity index (χ2n) is 11.1. The largest absolute Gasteiger partial charge is 0.462 e. The Morgan fingerprint density at radius 3 is 1.88 bits per heavy atom. The van der Waals surface area contributed by atoms with Gasteiger partial charge in [0, 0.05) is 0 Å². The minimum absolute atomic E-state index is 0.182. The lowest BCUT2D eigenvalue weighted by molar-refractivity contribution is 0.0499. The fourth-order valence-electron chi connectivity index (χ4n) is 6.33. The maximum absolute atomic E-state index is 12.1. The van der Waals surface area contributed by atoms with Crippen LogP contribution in [0.25, 0.3) is 0 Å². The highest BCUT2D eigenvalue weighted by atomic mass is 16.5. The van der Waals surface area contributed by atoms with Crippen molar-refractivity contribution in [3.8, 4) is 0 Å². The molecule has 0 saturated heterocycles. The van der Waals surface area contributed by atoms with E-state index in [-0.39, 0.29) is 5.97 Å². The van der Waals surface area contributed by atoms with E-state index in [1.165, 1.54) is 95.5 Å². The monoisotopic (exact) mass is 454 g/mol. The molecular weight excluding hydrogens is 404 g/mol. The number of unbranched alkanes of at least 4 members (excludes halogenated alkanes) is 4. The molecule has 0 aliphatic heterocycles. The van der Waals surface area contributed by atoms with Crippen LogP contribution in [0, 0.1) is 23.7 Å². The third kappa shape index (κ3) is 9.10. The van der Waals surface area contributed by atoms with Crippen molar-refractivity contribution in [1.29, 1.82) is 0 Å². The van der Waals surface area contributed by atoms with Crippen molar-refractivity contribution in [2.24, 2.45) is 23.7 Å². The number of carbonyl (C=O) groups excluding carboxylic acids is 1. The summed E-state index contributed by atoms with van der Waals surface area (Å²) >= 11 is 0. The fourth-order valence-corrected chi connectivity index (χ4v) is 6.33. The van der Waals surface area contributed by atoms with Crippen LogP contribution in [0.3, 0.4) is 0 Å². The normalized spacial score (nSPS) is 25.6. The molecule has 0 atom stereocenters. The molecule has 2 heteroatoms. The molecule has 0 N–H and O–H groups in total. The molecule has 2 nitrogen and oxygen atoms in total. The van der Waals surface area contributed by atoms with Gasteiger partial charge < -0.3 is 4.74 Å². The van der Waals surface area contributed by atoms with Gasteiger partial charge in [0.15, 0.2) is 0 Å². The van der Waals surface area contributed by atoms with Crippen LogP contribution in [0.4, 0.5) is 0 Å². The molecule has 1 aromatic rings. The van der Waals surface area contributed by atoms with Crippen molar-refractivity contribution in [3.05, 3.63) is 35.4 Å². The number of benzene rings is 1. The first-order valence-corrected chi connectivity index (χ1v) is 14.5. The molecule has 3 rings (SSSR count). The summed E-state index contributed by atoms with van der Waals surface area (Å²) in [5.74, 6) is 3.80. The number of rotatable bonds is 13. The highest BCUT2D eigenvalue weighted by Gasteiger charge is 2.30. The summed E-state index contributed by atoms with van der Waals surface area (Å²) in [6, 6.07) is 8.15. The topological polar surface area (TPSA) is 26.3 Å². The third-order valence-electron chi connectivity index (χ3n) is 8.68. The van der Waals surface area contributed by atoms with Gasteiger partial charge in [-0.15, -0.1) is 0 Å². The molecular formula is C31H50O2. The van der Waals surface area contributed by atoms with Crippen molar-refractivity contribution in [2.45, 2.75) is 123 Å². The van der Waals surface area contributed by atoms with Crippen LogP contribution in [0.1, 0.15) is 133 Å². The Hall–Kier alpha value is -1.31. The molecule has 0 unspecified atom stereocenters. The highest BCUT2D eigenvalue weighted by molar-refractivity contribution is 5.89. The lowest BCUT2D eigenvalue weighted by Gasteiger charge is -2.38. The van der Waals surface area contributed by atoms with Crippen molar-refractivity contribution < 1.29 is 9.53 Å². The first kappa shape index (κ1) is 26.3. The molecule has 186 valence electrons. The van der Waals surface area contributed by atoms with Gasteiger partial charge in [-0.1, -0.05) is 90.2 Å². The summed E-state index contributed by atoms with van der Waals surface area (Å²) in [5.41, 5.74) is 2.05. The fraction of sp³-hybridized carbons (Fsp3) is 0.774. The van der Waals surface area contributed by atoms with Crippen molar-refractivity contribution >= 4 is 5.97 Å². The van der Waals surface area contributed by atoms with Crippen LogP contribution in [-0.2, 0) is 11.2 Å². The zero-order chi connectivity index (χ0) is 23.3. The van der Waals surface area contributed by atoms with Crippen LogP contribution in [0.15, 0.2) is 24.3 Å². The smallest absolute Gasteiger partial charge is 0.338 e. The molecule has 2 aliphatic rings. The Balaban J connectivity index is 1.30. The Kier molecular flexibility index (Phi) is 11.8. The Morgan fingerprint density at radius 2 is 1.30 bits per heavy atom. The average molecular weight is 455 g/mol. The van der Waals surface area contributed by atoms with Gasteiger partial charge in [-0.3, -0.25) is 0 Å². The summed E-state index contributed by atoms with van der Waals surface area (Å²) in [5, 5.41) is 0. The minimum Gasteiger partial charge on any atom is -0.462 e. The predicted molar refractivity (Wildman–Crippen MR) is 140 cm³/mol. The van der Waals surface area contributed by atoms with E-state index < -0.39 is 0 Å². The zero-order valence-electron chi connectivity index (χ0n) is 21.7. The van der Waals surface area contributed by atoms with E-state index in [0.717, 1.165) is 42.9 Å². The van der Waals surface area contributed by atoms with E-state index >= 15 is 0 Å². The molecule has 0 spiro atoms. The van der Waals surface area contributed by atoms with Gasteiger partial charge in [-0.2, -0.15) is 0 Å². The van der Waals surface area contributed by atoms with Crippen LogP contribution < -0.4 is 0 Å². The van der Waals surface area contributed by atoms with E-state index in [9.17, 15) is 4.79 Å². The van der Waals surface area contributed by atoms with E-state index in [4.69, 9.17) is 4.74 Å². The summed E-state index contributed by atoms with van der Waals surface area (Å²) in [6.45, 7) is 4.95. The molecule has 33 heavy (non-hydrogen) atoms. The Morgan fingerprint density at radius 1 is 0.727 bits per heavy atom. The first-order valence-electron chi connectivity index (χ1n) is 14.5. The number of esters is 1. The minimum atomic E-state index is -0.182. The molecule has 2 saturated carbocycles. The standard InChI is InChI=1S/C31H50O2/c1-3-5-7-8-9-25-12-18-28(19-13-25)29-20-14-26(15-21-29)10-11-27-16-22-30(23-17-27)31(32)33-24-6-4-2/h16-17,22-23,25-26,28-29H,3-15,18-21,24H2,1-2H3/t25-,26?,28-,29?. The van der Waals surface area contributed by atoms with Gasteiger partial charge in [-0.05, 0) is 86.3 Å². The van der Waals surface area contributed by atoms with Gasteiger partial charge in [0.1, 0.15) is 0 Å². The van der Waals surface area contributed by atoms with Crippen molar-refractivity contribution in [1.82, 2.24) is 0 Å². The lowest BCUT2D eigenvalue weighted by Crippen LogP contribution is -2.26. The van der Waals surface area contributed by atoms with Crippen LogP contribution in [0.5, 0.6) is 0 Å². The summed E-state index contributed by atoms with van der Waals surface area (Å²) in [6.07, 6.45) is 23.5. The van der Waals surface area contributed by atoms with Gasteiger partial charge in [-0.25, -0.2) is 4.79 Å². The summed E-state index contributed by atoms with van der Waals surface area (Å²) in [7, 11) is 0. The second-order valence-corrected chi connectivity index (χ2v) is 11.1. The van der Waals surface area contributed by atoms with E-state index in [1.54, 1.807) is 0 Å². The SMILES string of the molecule is CCCCCC[C@H]1CC[C@H](C2CCC(CCc3ccc(C(=O)OCCCC)cc3)CC2)CC1. The molecule has 0 aromatic heterocycles. The Bertz CT molecular complexity index is 648. The van der Waals surface area contributed by atoms with Gasteiger partial charge >= 0.3 is 5.97 Å². The molecule has 0 bridgehead atoms. The lowest BCUT2D eigenvalue weighted by atomic mass is 9.68.